The van der Waals surface area contributed by atoms with Crippen molar-refractivity contribution in [1.82, 2.24) is 5.01 Å². The van der Waals surface area contributed by atoms with Crippen LogP contribution in [0.2, 0.25) is 0 Å². The fourth-order valence-electron chi connectivity index (χ4n) is 3.95. The van der Waals surface area contributed by atoms with Gasteiger partial charge in [-0.15, -0.1) is 0 Å². The van der Waals surface area contributed by atoms with E-state index in [0.717, 1.165) is 23.7 Å². The summed E-state index contributed by atoms with van der Waals surface area (Å²) in [6.07, 6.45) is 5.79. The van der Waals surface area contributed by atoms with Gasteiger partial charge in [-0.05, 0) is 35.6 Å². The van der Waals surface area contributed by atoms with Gasteiger partial charge in [0.15, 0.2) is 0 Å². The van der Waals surface area contributed by atoms with E-state index in [9.17, 15) is 24.8 Å². The van der Waals surface area contributed by atoms with Crippen molar-refractivity contribution in [2.24, 2.45) is 28.8 Å². The van der Waals surface area contributed by atoms with Gasteiger partial charge in [0.05, 0.1) is 23.0 Å². The Morgan fingerprint density at radius 3 is 2.36 bits per heavy atom. The molecule has 1 aromatic carbocycles. The molecule has 2 amide bonds. The summed E-state index contributed by atoms with van der Waals surface area (Å²) in [5.41, 5.74) is -0.672. The number of imide groups is 1. The highest BCUT2D eigenvalue weighted by Gasteiger charge is 2.59. The third-order valence-electron chi connectivity index (χ3n) is 5.02. The van der Waals surface area contributed by atoms with Gasteiger partial charge in [0.25, 0.3) is 17.5 Å². The molecule has 0 spiro atoms. The first-order chi connectivity index (χ1) is 11.9. The van der Waals surface area contributed by atoms with Gasteiger partial charge in [-0.25, -0.2) is 0 Å². The van der Waals surface area contributed by atoms with E-state index in [-0.39, 0.29) is 41.0 Å². The van der Waals surface area contributed by atoms with Gasteiger partial charge in [-0.2, -0.15) is 10.1 Å². The number of amides is 2. The van der Waals surface area contributed by atoms with E-state index in [0.29, 0.717) is 4.47 Å². The van der Waals surface area contributed by atoms with E-state index in [1.54, 1.807) is 0 Å². The number of benzene rings is 1. The summed E-state index contributed by atoms with van der Waals surface area (Å²) in [5, 5.41) is 27.7. The molecule has 1 saturated carbocycles. The van der Waals surface area contributed by atoms with Crippen LogP contribution in [-0.4, -0.2) is 28.0 Å². The maximum atomic E-state index is 12.5. The minimum absolute atomic E-state index is 0.0636. The molecule has 25 heavy (non-hydrogen) atoms. The van der Waals surface area contributed by atoms with E-state index < -0.39 is 16.4 Å². The summed E-state index contributed by atoms with van der Waals surface area (Å²) in [5.74, 6) is -2.22. The fourth-order valence-corrected chi connectivity index (χ4v) is 4.42. The zero-order chi connectivity index (χ0) is 17.9. The highest BCUT2D eigenvalue weighted by atomic mass is 79.9. The molecule has 2 fully saturated rings. The summed E-state index contributed by atoms with van der Waals surface area (Å²) < 4.78 is 0.332. The number of nitro benzene ring substituents is 1. The molecule has 2 bridgehead atoms. The number of hydrogen-bond acceptors (Lipinski definition) is 6. The van der Waals surface area contributed by atoms with Gasteiger partial charge >= 0.3 is 0 Å². The Bertz CT molecular complexity index is 851. The van der Waals surface area contributed by atoms with Gasteiger partial charge in [0.2, 0.25) is 0 Å². The van der Waals surface area contributed by atoms with Crippen LogP contribution in [0, 0.1) is 33.8 Å². The van der Waals surface area contributed by atoms with Crippen molar-refractivity contribution in [3.63, 3.8) is 0 Å². The molecule has 0 radical (unpaired) electrons. The lowest BCUT2D eigenvalue weighted by Gasteiger charge is -2.13. The third-order valence-corrected chi connectivity index (χ3v) is 5.48. The molecule has 128 valence electrons. The first-order valence-electron chi connectivity index (χ1n) is 7.63. The summed E-state index contributed by atoms with van der Waals surface area (Å²) in [6.45, 7) is 0. The van der Waals surface area contributed by atoms with Gasteiger partial charge in [-0.1, -0.05) is 28.1 Å². The first kappa shape index (κ1) is 15.9. The fraction of sp³-hybridized carbons (Fsp3) is 0.312. The number of fused-ring (bicyclic) bond motifs is 5. The summed E-state index contributed by atoms with van der Waals surface area (Å²) in [7, 11) is 0. The molecular formula is C16H11BrN3O5-. The molecule has 1 saturated heterocycles. The molecule has 9 heteroatoms. The van der Waals surface area contributed by atoms with E-state index in [1.807, 2.05) is 12.2 Å². The molecule has 1 heterocycles. The van der Waals surface area contributed by atoms with Crippen molar-refractivity contribution in [2.45, 2.75) is 6.42 Å². The van der Waals surface area contributed by atoms with Crippen LogP contribution >= 0.6 is 15.9 Å². The highest BCUT2D eigenvalue weighted by molar-refractivity contribution is 9.10. The summed E-state index contributed by atoms with van der Waals surface area (Å²) in [6, 6.07) is 2.45. The number of nitrogens with zero attached hydrogens (tertiary/aromatic N) is 3. The maximum absolute atomic E-state index is 12.5. The molecule has 4 atom stereocenters. The van der Waals surface area contributed by atoms with Crippen LogP contribution in [-0.2, 0) is 9.59 Å². The van der Waals surface area contributed by atoms with Crippen molar-refractivity contribution in [3.8, 4) is 5.75 Å². The zero-order valence-corrected chi connectivity index (χ0v) is 14.3. The number of nitro groups is 1. The average molecular weight is 405 g/mol. The largest absolute Gasteiger partial charge is 0.867 e. The van der Waals surface area contributed by atoms with Crippen molar-refractivity contribution >= 4 is 39.6 Å². The first-order valence-corrected chi connectivity index (χ1v) is 8.43. The third kappa shape index (κ3) is 2.30. The number of rotatable bonds is 3. The number of carbonyl (C=O) groups excluding carboxylic acids is 2. The van der Waals surface area contributed by atoms with Gasteiger partial charge in [0.1, 0.15) is 0 Å². The van der Waals surface area contributed by atoms with Crippen LogP contribution in [0.1, 0.15) is 12.0 Å². The molecule has 4 rings (SSSR count). The minimum Gasteiger partial charge on any atom is -0.867 e. The Balaban J connectivity index is 1.64. The Morgan fingerprint density at radius 2 is 1.80 bits per heavy atom. The molecular weight excluding hydrogens is 394 g/mol. The summed E-state index contributed by atoms with van der Waals surface area (Å²) in [4.78, 5) is 35.1. The Kier molecular flexibility index (Phi) is 3.50. The number of hydrogen-bond donors (Lipinski definition) is 0. The Hall–Kier alpha value is -2.55. The monoisotopic (exact) mass is 404 g/mol. The normalized spacial score (nSPS) is 29.9. The standard InChI is InChI=1S/C16H12BrN3O5/c17-10-4-9(14(21)11(5-10)20(24)25)6-18-19-15(22)12-7-1-2-8(3-7)13(12)16(19)23/h1-2,4-8,12-13,21H,3H2/p-1/b18-6-/t7-,8-,12-,13-/m0/s1. The SMILES string of the molecule is O=C1[C@@H]2[C@@H](C(=O)N1/N=C\c1cc(Br)cc([N+](=O)[O-])c1[O-])[C@H]1C=C[C@H]2C1. The lowest BCUT2D eigenvalue weighted by Crippen LogP contribution is -2.28. The predicted octanol–water partition coefficient (Wildman–Crippen LogP) is 1.57. The van der Waals surface area contributed by atoms with Crippen molar-refractivity contribution in [3.05, 3.63) is 44.4 Å². The number of halogens is 1. The molecule has 1 aromatic rings. The van der Waals surface area contributed by atoms with Crippen LogP contribution in [0.25, 0.3) is 0 Å². The second kappa shape index (κ2) is 5.48. The number of carbonyl (C=O) groups is 2. The van der Waals surface area contributed by atoms with E-state index in [2.05, 4.69) is 21.0 Å². The number of hydrazone groups is 1. The second-order valence-electron chi connectivity index (χ2n) is 6.33. The van der Waals surface area contributed by atoms with Crippen molar-refractivity contribution in [1.29, 1.82) is 0 Å². The van der Waals surface area contributed by atoms with Crippen LogP contribution in [0.15, 0.2) is 33.9 Å². The van der Waals surface area contributed by atoms with Gasteiger partial charge in [-0.3, -0.25) is 19.7 Å². The molecule has 8 nitrogen and oxygen atoms in total. The quantitative estimate of drug-likeness (QED) is 0.249. The van der Waals surface area contributed by atoms with Crippen molar-refractivity contribution < 1.29 is 19.6 Å². The average Bonchev–Trinajstić information content (AvgIpc) is 3.23. The van der Waals surface area contributed by atoms with E-state index >= 15 is 0 Å². The lowest BCUT2D eigenvalue weighted by molar-refractivity contribution is -0.398. The zero-order valence-electron chi connectivity index (χ0n) is 12.7. The predicted molar refractivity (Wildman–Crippen MR) is 87.4 cm³/mol. The molecule has 2 aliphatic carbocycles. The molecule has 0 N–H and O–H groups in total. The van der Waals surface area contributed by atoms with Gasteiger partial charge < -0.3 is 5.11 Å². The lowest BCUT2D eigenvalue weighted by atomic mass is 9.85. The molecule has 0 aromatic heterocycles. The number of allylic oxidation sites excluding steroid dienone is 2. The van der Waals surface area contributed by atoms with Crippen LogP contribution in [0.4, 0.5) is 5.69 Å². The maximum Gasteiger partial charge on any atom is 0.263 e. The molecule has 0 unspecified atom stereocenters. The Morgan fingerprint density at radius 1 is 1.20 bits per heavy atom. The van der Waals surface area contributed by atoms with E-state index in [4.69, 9.17) is 0 Å². The van der Waals surface area contributed by atoms with E-state index in [1.165, 1.54) is 6.07 Å². The smallest absolute Gasteiger partial charge is 0.263 e. The van der Waals surface area contributed by atoms with Crippen LogP contribution < -0.4 is 5.11 Å². The van der Waals surface area contributed by atoms with Crippen molar-refractivity contribution in [2.75, 3.05) is 0 Å². The second-order valence-corrected chi connectivity index (χ2v) is 7.25. The van der Waals surface area contributed by atoms with Crippen LogP contribution in [0.5, 0.6) is 5.75 Å². The minimum atomic E-state index is -0.821. The molecule has 1 aliphatic heterocycles. The van der Waals surface area contributed by atoms with Gasteiger partial charge in [0, 0.05) is 10.5 Å². The Labute approximate surface area is 150 Å². The molecule has 3 aliphatic rings. The topological polar surface area (TPSA) is 116 Å². The highest BCUT2D eigenvalue weighted by Crippen LogP contribution is 2.52. The van der Waals surface area contributed by atoms with Crippen LogP contribution in [0.3, 0.4) is 0 Å². The summed E-state index contributed by atoms with van der Waals surface area (Å²) >= 11 is 3.10.